The quantitative estimate of drug-likeness (QED) is 0.289. The van der Waals surface area contributed by atoms with Gasteiger partial charge in [-0.05, 0) is 18.2 Å². The highest BCUT2D eigenvalue weighted by Gasteiger charge is 2.28. The zero-order chi connectivity index (χ0) is 17.3. The van der Waals surface area contributed by atoms with Crippen LogP contribution in [0.3, 0.4) is 0 Å². The fourth-order valence-electron chi connectivity index (χ4n) is 2.44. The Kier molecular flexibility index (Phi) is 4.29. The summed E-state index contributed by atoms with van der Waals surface area (Å²) in [7, 11) is 0. The van der Waals surface area contributed by atoms with E-state index in [1.165, 1.54) is 10.8 Å². The second-order valence-corrected chi connectivity index (χ2v) is 5.13. The molecule has 3 rings (SSSR count). The largest absolute Gasteiger partial charge is 0.212 e. The minimum absolute atomic E-state index is 0.489. The summed E-state index contributed by atoms with van der Waals surface area (Å²) in [5, 5.41) is 0. The van der Waals surface area contributed by atoms with Crippen LogP contribution in [0.5, 0.6) is 0 Å². The molecule has 1 heterocycles. The monoisotopic (exact) mass is 336 g/mol. The summed E-state index contributed by atoms with van der Waals surface area (Å²) in [6.07, 6.45) is 1.51. The smallest absolute Gasteiger partial charge is 0.203 e. The number of aromatic nitrogens is 1. The van der Waals surface area contributed by atoms with Gasteiger partial charge in [0.15, 0.2) is 36.0 Å². The van der Waals surface area contributed by atoms with Crippen LogP contribution in [0.1, 0.15) is 5.56 Å². The van der Waals surface area contributed by atoms with Crippen molar-refractivity contribution in [3.05, 3.63) is 89.4 Å². The Balaban J connectivity index is 2.12. The lowest BCUT2D eigenvalue weighted by Crippen LogP contribution is -2.37. The van der Waals surface area contributed by atoms with Crippen molar-refractivity contribution >= 4 is 0 Å². The first-order valence-corrected chi connectivity index (χ1v) is 7.05. The lowest BCUT2D eigenvalue weighted by Gasteiger charge is -2.08. The maximum absolute atomic E-state index is 13.9. The number of hydrogen-bond donors (Lipinski definition) is 0. The molecule has 0 aliphatic rings. The average molecular weight is 336 g/mol. The van der Waals surface area contributed by atoms with Crippen molar-refractivity contribution in [2.45, 2.75) is 6.54 Å². The first-order chi connectivity index (χ1) is 11.5. The van der Waals surface area contributed by atoms with E-state index in [9.17, 15) is 22.0 Å². The van der Waals surface area contributed by atoms with E-state index in [0.29, 0.717) is 5.69 Å². The molecule has 3 aromatic rings. The molecule has 2 aromatic carbocycles. The molecule has 0 saturated heterocycles. The zero-order valence-electron chi connectivity index (χ0n) is 12.2. The number of pyridine rings is 1. The number of rotatable bonds is 3. The van der Waals surface area contributed by atoms with Gasteiger partial charge < -0.3 is 0 Å². The van der Waals surface area contributed by atoms with Crippen LogP contribution >= 0.6 is 0 Å². The second kappa shape index (κ2) is 6.39. The molecule has 122 valence electrons. The number of benzene rings is 2. The fraction of sp³-hybridized carbons (Fsp3) is 0.0556. The van der Waals surface area contributed by atoms with E-state index in [4.69, 9.17) is 0 Å². The summed E-state index contributed by atoms with van der Waals surface area (Å²) >= 11 is 0. The summed E-state index contributed by atoms with van der Waals surface area (Å²) in [5.74, 6) is -9.68. The van der Waals surface area contributed by atoms with E-state index < -0.39 is 41.2 Å². The van der Waals surface area contributed by atoms with Crippen LogP contribution < -0.4 is 4.57 Å². The summed E-state index contributed by atoms with van der Waals surface area (Å²) in [5.41, 5.74) is 0.462. The molecule has 0 atom stereocenters. The Morgan fingerprint density at radius 1 is 0.625 bits per heavy atom. The molecule has 0 amide bonds. The van der Waals surface area contributed by atoms with Crippen molar-refractivity contribution in [2.24, 2.45) is 0 Å². The van der Waals surface area contributed by atoms with Crippen molar-refractivity contribution < 1.29 is 26.5 Å². The van der Waals surface area contributed by atoms with Crippen molar-refractivity contribution in [1.82, 2.24) is 0 Å². The van der Waals surface area contributed by atoms with Gasteiger partial charge in [0.05, 0.1) is 5.56 Å². The molecule has 1 nitrogen and oxygen atoms in total. The van der Waals surface area contributed by atoms with Crippen molar-refractivity contribution in [3.8, 4) is 11.3 Å². The first kappa shape index (κ1) is 16.1. The van der Waals surface area contributed by atoms with Gasteiger partial charge in [0.25, 0.3) is 0 Å². The van der Waals surface area contributed by atoms with Gasteiger partial charge in [-0.2, -0.15) is 4.57 Å². The number of hydrogen-bond acceptors (Lipinski definition) is 0. The lowest BCUT2D eigenvalue weighted by atomic mass is 10.1. The van der Waals surface area contributed by atoms with Crippen LogP contribution in [0, 0.1) is 29.1 Å². The van der Waals surface area contributed by atoms with Gasteiger partial charge in [-0.3, -0.25) is 0 Å². The molecule has 24 heavy (non-hydrogen) atoms. The third-order valence-electron chi connectivity index (χ3n) is 3.64. The molecule has 0 fully saturated rings. The SMILES string of the molecule is Fc1c(F)c(F)c(C[n+]2ccccc2-c2ccccc2)c(F)c1F. The van der Waals surface area contributed by atoms with E-state index in [0.717, 1.165) is 5.56 Å². The lowest BCUT2D eigenvalue weighted by molar-refractivity contribution is -0.678. The highest BCUT2D eigenvalue weighted by atomic mass is 19.2. The first-order valence-electron chi connectivity index (χ1n) is 7.05. The van der Waals surface area contributed by atoms with E-state index in [1.807, 2.05) is 0 Å². The van der Waals surface area contributed by atoms with Gasteiger partial charge in [0.1, 0.15) is 0 Å². The molecule has 0 saturated carbocycles. The van der Waals surface area contributed by atoms with Gasteiger partial charge in [0.2, 0.25) is 11.5 Å². The summed E-state index contributed by atoms with van der Waals surface area (Å²) in [6.45, 7) is -0.489. The van der Waals surface area contributed by atoms with Gasteiger partial charge in [-0.1, -0.05) is 18.2 Å². The van der Waals surface area contributed by atoms with Gasteiger partial charge in [-0.25, -0.2) is 22.0 Å². The molecular weight excluding hydrogens is 325 g/mol. The maximum Gasteiger partial charge on any atom is 0.212 e. The number of halogens is 5. The molecule has 0 radical (unpaired) electrons. The van der Waals surface area contributed by atoms with E-state index in [2.05, 4.69) is 0 Å². The maximum atomic E-state index is 13.9. The normalized spacial score (nSPS) is 10.9. The molecular formula is C18H11F5N+. The Labute approximate surface area is 134 Å². The summed E-state index contributed by atoms with van der Waals surface area (Å²) in [4.78, 5) is 0. The molecule has 0 N–H and O–H groups in total. The standard InChI is InChI=1S/C18H11F5N/c19-14-12(15(20)17(22)18(23)16(14)21)10-24-9-5-4-8-13(24)11-6-2-1-3-7-11/h1-9H,10H2/q+1. The molecule has 0 aliphatic carbocycles. The Bertz CT molecular complexity index is 864. The third-order valence-corrected chi connectivity index (χ3v) is 3.64. The van der Waals surface area contributed by atoms with Crippen LogP contribution in [0.4, 0.5) is 22.0 Å². The molecule has 6 heteroatoms. The fourth-order valence-corrected chi connectivity index (χ4v) is 2.44. The van der Waals surface area contributed by atoms with Gasteiger partial charge >= 0.3 is 0 Å². The minimum atomic E-state index is -2.16. The van der Waals surface area contributed by atoms with Crippen molar-refractivity contribution in [2.75, 3.05) is 0 Å². The summed E-state index contributed by atoms with van der Waals surface area (Å²) in [6, 6.07) is 14.0. The van der Waals surface area contributed by atoms with Crippen molar-refractivity contribution in [1.29, 1.82) is 0 Å². The molecule has 0 bridgehead atoms. The average Bonchev–Trinajstić information content (AvgIpc) is 2.63. The van der Waals surface area contributed by atoms with E-state index in [-0.39, 0.29) is 0 Å². The van der Waals surface area contributed by atoms with Crippen LogP contribution in [0.2, 0.25) is 0 Å². The van der Waals surface area contributed by atoms with Crippen LogP contribution in [-0.4, -0.2) is 0 Å². The zero-order valence-corrected chi connectivity index (χ0v) is 12.2. The number of nitrogens with zero attached hydrogens (tertiary/aromatic N) is 1. The summed E-state index contributed by atoms with van der Waals surface area (Å²) < 4.78 is 69.1. The third kappa shape index (κ3) is 2.75. The molecule has 0 unspecified atom stereocenters. The van der Waals surface area contributed by atoms with Crippen LogP contribution in [0.25, 0.3) is 11.3 Å². The highest BCUT2D eigenvalue weighted by Crippen LogP contribution is 2.23. The van der Waals surface area contributed by atoms with Gasteiger partial charge in [0, 0.05) is 17.7 Å². The minimum Gasteiger partial charge on any atom is -0.203 e. The molecule has 1 aromatic heterocycles. The van der Waals surface area contributed by atoms with E-state index in [1.54, 1.807) is 48.5 Å². The predicted molar refractivity (Wildman–Crippen MR) is 77.4 cm³/mol. The predicted octanol–water partition coefficient (Wildman–Crippen LogP) is 4.38. The topological polar surface area (TPSA) is 3.88 Å². The molecule has 0 aliphatic heterocycles. The Hall–Kier alpha value is -2.76. The van der Waals surface area contributed by atoms with Crippen LogP contribution in [0.15, 0.2) is 54.7 Å². The second-order valence-electron chi connectivity index (χ2n) is 5.13. The van der Waals surface area contributed by atoms with Gasteiger partial charge in [-0.15, -0.1) is 0 Å². The van der Waals surface area contributed by atoms with Crippen LogP contribution in [-0.2, 0) is 6.54 Å². The van der Waals surface area contributed by atoms with E-state index >= 15 is 0 Å². The highest BCUT2D eigenvalue weighted by molar-refractivity contribution is 5.55. The Morgan fingerprint density at radius 2 is 1.17 bits per heavy atom. The molecule has 0 spiro atoms. The Morgan fingerprint density at radius 3 is 1.79 bits per heavy atom. The van der Waals surface area contributed by atoms with Crippen molar-refractivity contribution in [3.63, 3.8) is 0 Å².